The van der Waals surface area contributed by atoms with Crippen LogP contribution in [0.2, 0.25) is 0 Å². The second-order valence-electron chi connectivity index (χ2n) is 7.55. The molecule has 1 aliphatic heterocycles. The molecule has 1 aromatic carbocycles. The van der Waals surface area contributed by atoms with Crippen molar-refractivity contribution in [3.8, 4) is 0 Å². The summed E-state index contributed by atoms with van der Waals surface area (Å²) in [7, 11) is 0. The van der Waals surface area contributed by atoms with Crippen molar-refractivity contribution in [2.75, 3.05) is 6.61 Å². The monoisotopic (exact) mass is 303 g/mol. The minimum absolute atomic E-state index is 0.0249. The van der Waals surface area contributed by atoms with Crippen LogP contribution < -0.4 is 5.32 Å². The molecule has 118 valence electrons. The number of carbonyl (C=O) groups is 1. The Hall–Kier alpha value is -1.42. The fraction of sp³-hybridized carbons (Fsp3) is 0.611. The fourth-order valence-electron chi connectivity index (χ4n) is 4.44. The van der Waals surface area contributed by atoms with Gasteiger partial charge >= 0.3 is 0 Å². The number of carbonyl (C=O) groups excluding carboxylic acids is 1. The van der Waals surface area contributed by atoms with Crippen molar-refractivity contribution < 1.29 is 13.9 Å². The van der Waals surface area contributed by atoms with Crippen molar-refractivity contribution in [1.29, 1.82) is 0 Å². The number of rotatable bonds is 3. The highest BCUT2D eigenvalue weighted by atomic mass is 19.1. The Labute approximate surface area is 130 Å². The van der Waals surface area contributed by atoms with Crippen LogP contribution in [-0.2, 0) is 9.53 Å². The molecule has 5 unspecified atom stereocenters. The second-order valence-corrected chi connectivity index (χ2v) is 7.55. The Balaban J connectivity index is 1.39. The lowest BCUT2D eigenvalue weighted by molar-refractivity contribution is -0.138. The highest BCUT2D eigenvalue weighted by molar-refractivity contribution is 5.83. The lowest BCUT2D eigenvalue weighted by atomic mass is 9.57. The molecule has 0 spiro atoms. The quantitative estimate of drug-likeness (QED) is 0.932. The van der Waals surface area contributed by atoms with E-state index in [1.807, 2.05) is 0 Å². The third kappa shape index (κ3) is 2.08. The normalized spacial score (nSPS) is 38.0. The zero-order chi connectivity index (χ0) is 15.5. The Morgan fingerprint density at radius 2 is 2.05 bits per heavy atom. The molecule has 22 heavy (non-hydrogen) atoms. The van der Waals surface area contributed by atoms with E-state index in [2.05, 4.69) is 19.2 Å². The van der Waals surface area contributed by atoms with E-state index < -0.39 is 0 Å². The van der Waals surface area contributed by atoms with Gasteiger partial charge in [0.05, 0.1) is 6.10 Å². The van der Waals surface area contributed by atoms with E-state index in [9.17, 15) is 9.18 Å². The molecule has 0 aromatic heterocycles. The summed E-state index contributed by atoms with van der Waals surface area (Å²) in [6.07, 6.45) is 2.21. The summed E-state index contributed by atoms with van der Waals surface area (Å²) >= 11 is 0. The van der Waals surface area contributed by atoms with Gasteiger partial charge in [-0.25, -0.2) is 4.39 Å². The smallest absolute Gasteiger partial charge is 0.223 e. The summed E-state index contributed by atoms with van der Waals surface area (Å²) in [5, 5.41) is 3.26. The van der Waals surface area contributed by atoms with Gasteiger partial charge in [0.1, 0.15) is 5.82 Å². The second kappa shape index (κ2) is 4.79. The molecule has 1 N–H and O–H groups in total. The van der Waals surface area contributed by atoms with E-state index in [-0.39, 0.29) is 35.0 Å². The van der Waals surface area contributed by atoms with Crippen LogP contribution in [0.5, 0.6) is 0 Å². The number of ether oxygens (including phenoxy) is 1. The largest absolute Gasteiger partial charge is 0.377 e. The van der Waals surface area contributed by atoms with Crippen LogP contribution in [0.4, 0.5) is 4.39 Å². The number of halogens is 1. The molecule has 3 aliphatic rings. The lowest BCUT2D eigenvalue weighted by Gasteiger charge is -2.54. The van der Waals surface area contributed by atoms with Gasteiger partial charge in [0.25, 0.3) is 0 Å². The van der Waals surface area contributed by atoms with E-state index in [0.29, 0.717) is 12.0 Å². The summed E-state index contributed by atoms with van der Waals surface area (Å²) in [6.45, 7) is 5.16. The molecule has 3 nitrogen and oxygen atoms in total. The molecule has 1 amide bonds. The molecule has 2 aliphatic carbocycles. The maximum atomic E-state index is 13.0. The summed E-state index contributed by atoms with van der Waals surface area (Å²) in [4.78, 5) is 12.5. The van der Waals surface area contributed by atoms with Crippen LogP contribution in [-0.4, -0.2) is 24.7 Å². The van der Waals surface area contributed by atoms with Crippen molar-refractivity contribution in [1.82, 2.24) is 5.32 Å². The van der Waals surface area contributed by atoms with Gasteiger partial charge in [0.2, 0.25) is 5.91 Å². The summed E-state index contributed by atoms with van der Waals surface area (Å²) in [6, 6.07) is 6.75. The van der Waals surface area contributed by atoms with Crippen molar-refractivity contribution in [2.45, 2.75) is 44.8 Å². The molecule has 4 heteroatoms. The van der Waals surface area contributed by atoms with Gasteiger partial charge < -0.3 is 10.1 Å². The van der Waals surface area contributed by atoms with Crippen molar-refractivity contribution in [3.63, 3.8) is 0 Å². The van der Waals surface area contributed by atoms with Gasteiger partial charge in [-0.2, -0.15) is 0 Å². The molecule has 1 heterocycles. The molecular formula is C18H22FNO2. The van der Waals surface area contributed by atoms with Gasteiger partial charge in [-0.3, -0.25) is 4.79 Å². The first kappa shape index (κ1) is 14.2. The van der Waals surface area contributed by atoms with Crippen molar-refractivity contribution >= 4 is 5.91 Å². The van der Waals surface area contributed by atoms with Crippen LogP contribution in [0.1, 0.15) is 38.2 Å². The molecule has 0 radical (unpaired) electrons. The first-order chi connectivity index (χ1) is 10.5. The minimum atomic E-state index is -0.228. The zero-order valence-electron chi connectivity index (χ0n) is 13.0. The van der Waals surface area contributed by atoms with E-state index in [4.69, 9.17) is 4.74 Å². The minimum Gasteiger partial charge on any atom is -0.377 e. The van der Waals surface area contributed by atoms with E-state index in [1.54, 1.807) is 12.1 Å². The van der Waals surface area contributed by atoms with Crippen LogP contribution in [0.25, 0.3) is 0 Å². The number of nitrogens with one attached hydrogen (secondary N) is 1. The molecule has 2 saturated carbocycles. The number of amides is 1. The topological polar surface area (TPSA) is 38.3 Å². The molecule has 5 atom stereocenters. The lowest BCUT2D eigenvalue weighted by Crippen LogP contribution is -2.66. The molecular weight excluding hydrogens is 281 g/mol. The standard InChI is InChI=1S/C18H22FNO2/c1-18(2)15(12-7-8-22-16(12)18)20-17(21)14-9-13(14)10-3-5-11(19)6-4-10/h3-6,12-16H,7-9H2,1-2H3,(H,20,21). The van der Waals surface area contributed by atoms with Crippen LogP contribution >= 0.6 is 0 Å². The fourth-order valence-corrected chi connectivity index (χ4v) is 4.44. The van der Waals surface area contributed by atoms with Gasteiger partial charge in [0.15, 0.2) is 0 Å². The Bertz CT molecular complexity index is 598. The summed E-state index contributed by atoms with van der Waals surface area (Å²) in [5.41, 5.74) is 1.09. The van der Waals surface area contributed by atoms with Crippen LogP contribution in [0, 0.1) is 23.1 Å². The van der Waals surface area contributed by atoms with Crippen molar-refractivity contribution in [3.05, 3.63) is 35.6 Å². The Kier molecular flexibility index (Phi) is 3.09. The van der Waals surface area contributed by atoms with E-state index >= 15 is 0 Å². The number of hydrogen-bond acceptors (Lipinski definition) is 2. The third-order valence-corrected chi connectivity index (χ3v) is 5.82. The molecule has 1 saturated heterocycles. The number of fused-ring (bicyclic) bond motifs is 1. The van der Waals surface area contributed by atoms with E-state index in [1.165, 1.54) is 12.1 Å². The van der Waals surface area contributed by atoms with Crippen LogP contribution in [0.15, 0.2) is 24.3 Å². The zero-order valence-corrected chi connectivity index (χ0v) is 13.0. The maximum Gasteiger partial charge on any atom is 0.223 e. The Morgan fingerprint density at radius 1 is 1.32 bits per heavy atom. The maximum absolute atomic E-state index is 13.0. The predicted molar refractivity (Wildman–Crippen MR) is 80.8 cm³/mol. The van der Waals surface area contributed by atoms with Gasteiger partial charge in [0, 0.05) is 29.9 Å². The number of benzene rings is 1. The summed E-state index contributed by atoms with van der Waals surface area (Å²) < 4.78 is 18.7. The van der Waals surface area contributed by atoms with Crippen LogP contribution in [0.3, 0.4) is 0 Å². The third-order valence-electron chi connectivity index (χ3n) is 5.82. The molecule has 0 bridgehead atoms. The first-order valence-corrected chi connectivity index (χ1v) is 8.16. The predicted octanol–water partition coefficient (Wildman–Crippen LogP) is 2.86. The van der Waals surface area contributed by atoms with Gasteiger partial charge in [-0.1, -0.05) is 26.0 Å². The van der Waals surface area contributed by atoms with Gasteiger partial charge in [-0.05, 0) is 36.5 Å². The number of hydrogen-bond donors (Lipinski definition) is 1. The van der Waals surface area contributed by atoms with Crippen molar-refractivity contribution in [2.24, 2.45) is 17.3 Å². The Morgan fingerprint density at radius 3 is 2.77 bits per heavy atom. The molecule has 3 fully saturated rings. The molecule has 1 aromatic rings. The highest BCUT2D eigenvalue weighted by Crippen LogP contribution is 2.53. The first-order valence-electron chi connectivity index (χ1n) is 8.16. The summed E-state index contributed by atoms with van der Waals surface area (Å²) in [5.74, 6) is 0.690. The SMILES string of the molecule is CC1(C)C(NC(=O)C2CC2c2ccc(F)cc2)C2CCOC21. The van der Waals surface area contributed by atoms with Gasteiger partial charge in [-0.15, -0.1) is 0 Å². The molecule has 4 rings (SSSR count). The highest BCUT2D eigenvalue weighted by Gasteiger charge is 2.60. The van der Waals surface area contributed by atoms with E-state index in [0.717, 1.165) is 25.0 Å². The average Bonchev–Trinajstić information content (AvgIpc) is 3.15. The average molecular weight is 303 g/mol.